The zero-order valence-corrected chi connectivity index (χ0v) is 9.76. The van der Waals surface area contributed by atoms with E-state index in [0.717, 1.165) is 22.0 Å². The molecule has 2 N–H and O–H groups in total. The van der Waals surface area contributed by atoms with Crippen molar-refractivity contribution in [3.8, 4) is 0 Å². The monoisotopic (exact) mass is 242 g/mol. The van der Waals surface area contributed by atoms with Gasteiger partial charge in [-0.1, -0.05) is 18.2 Å². The van der Waals surface area contributed by atoms with Crippen molar-refractivity contribution in [2.75, 3.05) is 0 Å². The van der Waals surface area contributed by atoms with Gasteiger partial charge < -0.3 is 5.73 Å². The van der Waals surface area contributed by atoms with Gasteiger partial charge in [-0.3, -0.25) is 4.98 Å². The van der Waals surface area contributed by atoms with Gasteiger partial charge in [-0.25, -0.2) is 0 Å². The van der Waals surface area contributed by atoms with Gasteiger partial charge in [0.2, 0.25) is 0 Å². The number of aromatic nitrogens is 3. The van der Waals surface area contributed by atoms with Gasteiger partial charge in [-0.05, 0) is 17.0 Å². The molecule has 1 aromatic carbocycles. The van der Waals surface area contributed by atoms with Crippen LogP contribution in [0.3, 0.4) is 0 Å². The molecule has 4 nitrogen and oxygen atoms in total. The molecule has 2 heterocycles. The quantitative estimate of drug-likeness (QED) is 0.747. The van der Waals surface area contributed by atoms with Gasteiger partial charge in [0, 0.05) is 17.8 Å². The van der Waals surface area contributed by atoms with E-state index in [9.17, 15) is 0 Å². The van der Waals surface area contributed by atoms with Gasteiger partial charge in [0.05, 0.1) is 29.7 Å². The van der Waals surface area contributed by atoms with Crippen LogP contribution in [-0.4, -0.2) is 13.7 Å². The number of hydrogen-bond donors (Lipinski definition) is 1. The third-order valence-electron chi connectivity index (χ3n) is 2.75. The molecule has 0 aliphatic carbocycles. The molecule has 0 fully saturated rings. The van der Waals surface area contributed by atoms with Crippen LogP contribution in [0, 0.1) is 0 Å². The topological polar surface area (TPSA) is 64.7 Å². The average Bonchev–Trinajstić information content (AvgIpc) is 2.91. The van der Waals surface area contributed by atoms with E-state index in [1.165, 1.54) is 11.7 Å². The molecule has 0 saturated carbocycles. The summed E-state index contributed by atoms with van der Waals surface area (Å²) in [4.78, 5) is 4.11. The average molecular weight is 242 g/mol. The van der Waals surface area contributed by atoms with Gasteiger partial charge in [-0.2, -0.15) is 8.75 Å². The van der Waals surface area contributed by atoms with Gasteiger partial charge >= 0.3 is 0 Å². The molecular formula is C12H10N4S. The molecule has 0 bridgehead atoms. The molecule has 17 heavy (non-hydrogen) atoms. The predicted molar refractivity (Wildman–Crippen MR) is 67.7 cm³/mol. The maximum absolute atomic E-state index is 6.21. The third kappa shape index (κ3) is 1.79. The normalized spacial score (nSPS) is 12.8. The maximum atomic E-state index is 6.21. The van der Waals surface area contributed by atoms with E-state index in [1.54, 1.807) is 12.4 Å². The van der Waals surface area contributed by atoms with Crippen LogP contribution in [0.2, 0.25) is 0 Å². The van der Waals surface area contributed by atoms with Crippen molar-refractivity contribution < 1.29 is 0 Å². The second-order valence-electron chi connectivity index (χ2n) is 3.75. The first-order chi connectivity index (χ1) is 8.36. The number of pyridine rings is 1. The molecule has 0 saturated heterocycles. The Morgan fingerprint density at radius 3 is 2.94 bits per heavy atom. The maximum Gasteiger partial charge on any atom is 0.0955 e. The Labute approximate surface area is 102 Å². The van der Waals surface area contributed by atoms with Gasteiger partial charge in [0.15, 0.2) is 0 Å². The largest absolute Gasteiger partial charge is 0.319 e. The molecule has 1 atom stereocenters. The first-order valence-corrected chi connectivity index (χ1v) is 5.95. The number of nitrogens with two attached hydrogens (primary N) is 1. The fourth-order valence-electron chi connectivity index (χ4n) is 1.89. The molecule has 2 aromatic heterocycles. The van der Waals surface area contributed by atoms with E-state index >= 15 is 0 Å². The summed E-state index contributed by atoms with van der Waals surface area (Å²) in [7, 11) is 0. The van der Waals surface area contributed by atoms with Crippen LogP contribution in [0.15, 0.2) is 42.9 Å². The van der Waals surface area contributed by atoms with E-state index in [2.05, 4.69) is 13.7 Å². The van der Waals surface area contributed by atoms with Gasteiger partial charge in [-0.15, -0.1) is 0 Å². The predicted octanol–water partition coefficient (Wildman–Crippen LogP) is 2.13. The van der Waals surface area contributed by atoms with Crippen LogP contribution in [0.5, 0.6) is 0 Å². The first-order valence-electron chi connectivity index (χ1n) is 5.22. The molecule has 1 unspecified atom stereocenters. The summed E-state index contributed by atoms with van der Waals surface area (Å²) >= 11 is 1.18. The summed E-state index contributed by atoms with van der Waals surface area (Å²) in [6.45, 7) is 0. The lowest BCUT2D eigenvalue weighted by Crippen LogP contribution is -2.12. The van der Waals surface area contributed by atoms with Crippen LogP contribution >= 0.6 is 11.7 Å². The van der Waals surface area contributed by atoms with Crippen LogP contribution in [0.25, 0.3) is 10.8 Å². The second-order valence-corrected chi connectivity index (χ2v) is 4.31. The summed E-state index contributed by atoms with van der Waals surface area (Å²) in [6.07, 6.45) is 5.33. The highest BCUT2D eigenvalue weighted by Gasteiger charge is 2.14. The van der Waals surface area contributed by atoms with Gasteiger partial charge in [0.25, 0.3) is 0 Å². The van der Waals surface area contributed by atoms with Crippen molar-refractivity contribution in [3.05, 3.63) is 54.1 Å². The number of nitrogens with zero attached hydrogens (tertiary/aromatic N) is 3. The Morgan fingerprint density at radius 2 is 2.12 bits per heavy atom. The molecule has 0 aliphatic rings. The van der Waals surface area contributed by atoms with Crippen molar-refractivity contribution in [1.82, 2.24) is 13.7 Å². The summed E-state index contributed by atoms with van der Waals surface area (Å²) in [5, 5.41) is 2.20. The summed E-state index contributed by atoms with van der Waals surface area (Å²) < 4.78 is 8.18. The van der Waals surface area contributed by atoms with Crippen molar-refractivity contribution in [3.63, 3.8) is 0 Å². The van der Waals surface area contributed by atoms with E-state index in [-0.39, 0.29) is 6.04 Å². The SMILES string of the molecule is NC(c1cnsn1)c1cccc2cnccc12. The molecule has 5 heteroatoms. The molecule has 0 radical (unpaired) electrons. The van der Waals surface area contributed by atoms with Crippen LogP contribution in [0.4, 0.5) is 0 Å². The Morgan fingerprint density at radius 1 is 1.18 bits per heavy atom. The standard InChI is InChI=1S/C12H10N4S/c13-12(11-7-15-17-16-11)10-3-1-2-8-6-14-5-4-9(8)10/h1-7,12H,13H2. The molecule has 0 spiro atoms. The minimum Gasteiger partial charge on any atom is -0.319 e. The number of rotatable bonds is 2. The zero-order chi connectivity index (χ0) is 11.7. The summed E-state index contributed by atoms with van der Waals surface area (Å²) in [5.74, 6) is 0. The van der Waals surface area contributed by atoms with Crippen molar-refractivity contribution in [1.29, 1.82) is 0 Å². The minimum atomic E-state index is -0.236. The highest BCUT2D eigenvalue weighted by Crippen LogP contribution is 2.25. The lowest BCUT2D eigenvalue weighted by Gasteiger charge is -2.11. The van der Waals surface area contributed by atoms with Crippen LogP contribution in [0.1, 0.15) is 17.3 Å². The second kappa shape index (κ2) is 4.20. The Kier molecular flexibility index (Phi) is 2.55. The number of benzene rings is 1. The Balaban J connectivity index is 2.17. The minimum absolute atomic E-state index is 0.236. The van der Waals surface area contributed by atoms with Crippen LogP contribution in [-0.2, 0) is 0 Å². The molecule has 3 rings (SSSR count). The fourth-order valence-corrected chi connectivity index (χ4v) is 2.34. The van der Waals surface area contributed by atoms with Crippen molar-refractivity contribution in [2.45, 2.75) is 6.04 Å². The highest BCUT2D eigenvalue weighted by molar-refractivity contribution is 6.99. The lowest BCUT2D eigenvalue weighted by atomic mass is 9.99. The highest BCUT2D eigenvalue weighted by atomic mass is 32.1. The molecular weight excluding hydrogens is 232 g/mol. The third-order valence-corrected chi connectivity index (χ3v) is 3.24. The summed E-state index contributed by atoms with van der Waals surface area (Å²) in [6, 6.07) is 7.77. The lowest BCUT2D eigenvalue weighted by molar-refractivity contribution is 0.852. The molecule has 0 aliphatic heterocycles. The van der Waals surface area contributed by atoms with Crippen LogP contribution < -0.4 is 5.73 Å². The van der Waals surface area contributed by atoms with E-state index in [0.29, 0.717) is 0 Å². The van der Waals surface area contributed by atoms with E-state index in [4.69, 9.17) is 5.73 Å². The number of fused-ring (bicyclic) bond motifs is 1. The molecule has 3 aromatic rings. The zero-order valence-electron chi connectivity index (χ0n) is 8.95. The van der Waals surface area contributed by atoms with Crippen molar-refractivity contribution in [2.24, 2.45) is 5.73 Å². The Hall–Kier alpha value is -1.85. The smallest absolute Gasteiger partial charge is 0.0955 e. The summed E-state index contributed by atoms with van der Waals surface area (Å²) in [5.41, 5.74) is 8.07. The first kappa shape index (κ1) is 10.3. The molecule has 0 amide bonds. The van der Waals surface area contributed by atoms with Gasteiger partial charge in [0.1, 0.15) is 0 Å². The van der Waals surface area contributed by atoms with E-state index in [1.807, 2.05) is 30.5 Å². The number of hydrogen-bond acceptors (Lipinski definition) is 5. The Bertz CT molecular complexity index is 631. The van der Waals surface area contributed by atoms with E-state index < -0.39 is 0 Å². The molecule has 84 valence electrons. The fraction of sp³-hybridized carbons (Fsp3) is 0.0833. The van der Waals surface area contributed by atoms with Crippen molar-refractivity contribution >= 4 is 22.5 Å².